The number of rotatable bonds is 5. The number of nitrogens with one attached hydrogen (secondary N) is 1. The molecule has 0 radical (unpaired) electrons. The Kier molecular flexibility index (Phi) is 4.77. The van der Waals surface area contributed by atoms with Crippen molar-refractivity contribution in [2.24, 2.45) is 5.92 Å². The van der Waals surface area contributed by atoms with Crippen molar-refractivity contribution in [1.29, 1.82) is 0 Å². The second kappa shape index (κ2) is 7.36. The lowest BCUT2D eigenvalue weighted by Gasteiger charge is -2.17. The monoisotopic (exact) mass is 381 g/mol. The van der Waals surface area contributed by atoms with Gasteiger partial charge in [0.05, 0.1) is 22.7 Å². The average Bonchev–Trinajstić information content (AvgIpc) is 3.25. The van der Waals surface area contributed by atoms with E-state index in [0.29, 0.717) is 18.3 Å². The van der Waals surface area contributed by atoms with Gasteiger partial charge in [-0.3, -0.25) is 9.59 Å². The Hall–Kier alpha value is -2.93. The second-order valence-corrected chi connectivity index (χ2v) is 7.34. The molecule has 1 fully saturated rings. The minimum atomic E-state index is -0.393. The normalized spacial score (nSPS) is 16.7. The molecule has 3 aromatic rings. The Morgan fingerprint density at radius 1 is 1.26 bits per heavy atom. The first-order chi connectivity index (χ1) is 13.1. The molecule has 1 aromatic heterocycles. The Labute approximate surface area is 160 Å². The van der Waals surface area contributed by atoms with Crippen molar-refractivity contribution in [3.63, 3.8) is 0 Å². The van der Waals surface area contributed by atoms with Crippen LogP contribution in [0.3, 0.4) is 0 Å². The van der Waals surface area contributed by atoms with Crippen molar-refractivity contribution >= 4 is 44.2 Å². The van der Waals surface area contributed by atoms with Crippen molar-refractivity contribution in [2.45, 2.75) is 13.3 Å². The highest BCUT2D eigenvalue weighted by Gasteiger charge is 2.35. The van der Waals surface area contributed by atoms with Crippen LogP contribution >= 0.6 is 11.3 Å². The standard InChI is InChI=1S/C20H19N3O3S/c1-2-26-15-9-7-14(8-10-15)23-12-13(11-18(23)24)19(25)22-20-21-16-5-3-4-6-17(16)27-20/h3-10,13H,2,11-12H2,1H3,(H,21,22,25)/t13-/m0/s1. The van der Waals surface area contributed by atoms with Gasteiger partial charge in [0.15, 0.2) is 5.13 Å². The first kappa shape index (κ1) is 17.5. The lowest BCUT2D eigenvalue weighted by Crippen LogP contribution is -2.28. The van der Waals surface area contributed by atoms with Gasteiger partial charge in [0.2, 0.25) is 11.8 Å². The fraction of sp³-hybridized carbons (Fsp3) is 0.250. The highest BCUT2D eigenvalue weighted by atomic mass is 32.1. The van der Waals surface area contributed by atoms with E-state index in [1.165, 1.54) is 11.3 Å². The number of nitrogens with zero attached hydrogens (tertiary/aromatic N) is 2. The molecule has 4 rings (SSSR count). The molecular formula is C20H19N3O3S. The topological polar surface area (TPSA) is 71.5 Å². The third-order valence-corrected chi connectivity index (χ3v) is 5.43. The Morgan fingerprint density at radius 2 is 2.04 bits per heavy atom. The maximum absolute atomic E-state index is 12.6. The summed E-state index contributed by atoms with van der Waals surface area (Å²) in [6, 6.07) is 15.1. The third-order valence-electron chi connectivity index (χ3n) is 4.48. The summed E-state index contributed by atoms with van der Waals surface area (Å²) in [6.07, 6.45) is 0.198. The van der Waals surface area contributed by atoms with E-state index in [1.54, 1.807) is 4.90 Å². The summed E-state index contributed by atoms with van der Waals surface area (Å²) in [7, 11) is 0. The molecule has 2 heterocycles. The van der Waals surface area contributed by atoms with Gasteiger partial charge in [0.1, 0.15) is 5.75 Å². The van der Waals surface area contributed by atoms with Gasteiger partial charge in [-0.2, -0.15) is 0 Å². The van der Waals surface area contributed by atoms with Gasteiger partial charge in [0, 0.05) is 18.7 Å². The average molecular weight is 381 g/mol. The van der Waals surface area contributed by atoms with Gasteiger partial charge in [-0.1, -0.05) is 23.5 Å². The molecule has 1 saturated heterocycles. The van der Waals surface area contributed by atoms with Crippen LogP contribution in [0, 0.1) is 5.92 Å². The van der Waals surface area contributed by atoms with Gasteiger partial charge in [-0.15, -0.1) is 0 Å². The number of fused-ring (bicyclic) bond motifs is 1. The fourth-order valence-electron chi connectivity index (χ4n) is 3.15. The Bertz CT molecular complexity index is 951. The zero-order valence-corrected chi connectivity index (χ0v) is 15.7. The van der Waals surface area contributed by atoms with Crippen molar-refractivity contribution < 1.29 is 14.3 Å². The molecule has 2 amide bonds. The number of amides is 2. The molecule has 0 unspecified atom stereocenters. The number of hydrogen-bond donors (Lipinski definition) is 1. The predicted octanol–water partition coefficient (Wildman–Crippen LogP) is 3.69. The molecule has 1 aliphatic heterocycles. The van der Waals surface area contributed by atoms with E-state index in [9.17, 15) is 9.59 Å². The van der Waals surface area contributed by atoms with Crippen LogP contribution < -0.4 is 15.0 Å². The zero-order valence-electron chi connectivity index (χ0n) is 14.8. The number of para-hydroxylation sites is 1. The molecule has 0 saturated carbocycles. The van der Waals surface area contributed by atoms with Crippen LogP contribution in [0.15, 0.2) is 48.5 Å². The molecule has 27 heavy (non-hydrogen) atoms. The highest BCUT2D eigenvalue weighted by Crippen LogP contribution is 2.29. The quantitative estimate of drug-likeness (QED) is 0.732. The molecule has 7 heteroatoms. The molecule has 0 spiro atoms. The van der Waals surface area contributed by atoms with Crippen molar-refractivity contribution in [2.75, 3.05) is 23.4 Å². The number of carbonyl (C=O) groups is 2. The van der Waals surface area contributed by atoms with Crippen molar-refractivity contribution in [3.05, 3.63) is 48.5 Å². The van der Waals surface area contributed by atoms with Crippen LogP contribution in [-0.4, -0.2) is 29.9 Å². The summed E-state index contributed by atoms with van der Waals surface area (Å²) in [6.45, 7) is 2.88. The van der Waals surface area contributed by atoms with E-state index in [-0.39, 0.29) is 18.2 Å². The summed E-state index contributed by atoms with van der Waals surface area (Å²) in [5.74, 6) is 0.147. The SMILES string of the molecule is CCOc1ccc(N2C[C@@H](C(=O)Nc3nc4ccccc4s3)CC2=O)cc1. The minimum absolute atomic E-state index is 0.0522. The van der Waals surface area contributed by atoms with Crippen molar-refractivity contribution in [1.82, 2.24) is 4.98 Å². The molecule has 1 N–H and O–H groups in total. The van der Waals surface area contributed by atoms with Crippen LogP contribution in [-0.2, 0) is 9.59 Å². The van der Waals surface area contributed by atoms with Gasteiger partial charge < -0.3 is 15.0 Å². The van der Waals surface area contributed by atoms with Gasteiger partial charge in [-0.05, 0) is 43.3 Å². The first-order valence-corrected chi connectivity index (χ1v) is 9.65. The number of hydrogen-bond acceptors (Lipinski definition) is 5. The summed E-state index contributed by atoms with van der Waals surface area (Å²) in [5.41, 5.74) is 1.63. The Morgan fingerprint density at radius 3 is 2.78 bits per heavy atom. The molecular weight excluding hydrogens is 362 g/mol. The van der Waals surface area contributed by atoms with E-state index in [2.05, 4.69) is 10.3 Å². The lowest BCUT2D eigenvalue weighted by atomic mass is 10.1. The van der Waals surface area contributed by atoms with Crippen LogP contribution in [0.2, 0.25) is 0 Å². The zero-order chi connectivity index (χ0) is 18.8. The van der Waals surface area contributed by atoms with Crippen LogP contribution in [0.25, 0.3) is 10.2 Å². The first-order valence-electron chi connectivity index (χ1n) is 8.83. The van der Waals surface area contributed by atoms with E-state index in [4.69, 9.17) is 4.74 Å². The minimum Gasteiger partial charge on any atom is -0.494 e. The smallest absolute Gasteiger partial charge is 0.231 e. The van der Waals surface area contributed by atoms with Crippen molar-refractivity contribution in [3.8, 4) is 5.75 Å². The molecule has 1 atom stereocenters. The van der Waals surface area contributed by atoms with E-state index in [0.717, 1.165) is 21.7 Å². The highest BCUT2D eigenvalue weighted by molar-refractivity contribution is 7.22. The third kappa shape index (κ3) is 3.64. The van der Waals surface area contributed by atoms with Crippen LogP contribution in [0.4, 0.5) is 10.8 Å². The maximum Gasteiger partial charge on any atom is 0.231 e. The molecule has 0 aliphatic carbocycles. The number of thiazole rings is 1. The van der Waals surface area contributed by atoms with Gasteiger partial charge in [-0.25, -0.2) is 4.98 Å². The van der Waals surface area contributed by atoms with E-state index >= 15 is 0 Å². The summed E-state index contributed by atoms with van der Waals surface area (Å²) in [5, 5.41) is 3.42. The number of carbonyl (C=O) groups excluding carboxylic acids is 2. The van der Waals surface area contributed by atoms with E-state index in [1.807, 2.05) is 55.5 Å². The summed E-state index contributed by atoms with van der Waals surface area (Å²) in [4.78, 5) is 31.1. The van der Waals surface area contributed by atoms with Crippen LogP contribution in [0.5, 0.6) is 5.75 Å². The summed E-state index contributed by atoms with van der Waals surface area (Å²) >= 11 is 1.43. The number of ether oxygens (including phenoxy) is 1. The molecule has 2 aromatic carbocycles. The fourth-order valence-corrected chi connectivity index (χ4v) is 4.02. The van der Waals surface area contributed by atoms with Gasteiger partial charge >= 0.3 is 0 Å². The maximum atomic E-state index is 12.6. The summed E-state index contributed by atoms with van der Waals surface area (Å²) < 4.78 is 6.45. The Balaban J connectivity index is 1.44. The van der Waals surface area contributed by atoms with E-state index < -0.39 is 5.92 Å². The van der Waals surface area contributed by atoms with Crippen LogP contribution in [0.1, 0.15) is 13.3 Å². The number of aromatic nitrogens is 1. The predicted molar refractivity (Wildman–Crippen MR) is 106 cm³/mol. The number of anilines is 2. The molecule has 138 valence electrons. The molecule has 0 bridgehead atoms. The second-order valence-electron chi connectivity index (χ2n) is 6.31. The molecule has 1 aliphatic rings. The largest absolute Gasteiger partial charge is 0.494 e. The van der Waals surface area contributed by atoms with Gasteiger partial charge in [0.25, 0.3) is 0 Å². The number of benzene rings is 2. The lowest BCUT2D eigenvalue weighted by molar-refractivity contribution is -0.122. The molecule has 6 nitrogen and oxygen atoms in total.